The van der Waals surface area contributed by atoms with E-state index in [9.17, 15) is 0 Å². The zero-order valence-electron chi connectivity index (χ0n) is 12.0. The monoisotopic (exact) mass is 652 g/mol. The van der Waals surface area contributed by atoms with Crippen molar-refractivity contribution in [3.8, 4) is 19.5 Å². The van der Waals surface area contributed by atoms with E-state index < -0.39 is 0 Å². The van der Waals surface area contributed by atoms with E-state index in [4.69, 9.17) is 0 Å². The molecule has 0 aromatic carbocycles. The number of rotatable bonds is 0. The highest BCUT2D eigenvalue weighted by Crippen LogP contribution is 2.69. The van der Waals surface area contributed by atoms with Crippen molar-refractivity contribution < 1.29 is 0 Å². The predicted octanol–water partition coefficient (Wildman–Crippen LogP) is 9.33. The molecule has 0 nitrogen and oxygen atoms in total. The topological polar surface area (TPSA) is 0 Å². The van der Waals surface area contributed by atoms with Crippen molar-refractivity contribution in [3.63, 3.8) is 0 Å². The molecule has 6 rings (SSSR count). The van der Waals surface area contributed by atoms with Crippen molar-refractivity contribution in [2.45, 2.75) is 5.41 Å². The van der Waals surface area contributed by atoms with Crippen LogP contribution in [0.4, 0.5) is 0 Å². The minimum absolute atomic E-state index is 0.175. The molecule has 0 fully saturated rings. The maximum atomic E-state index is 3.74. The molecule has 0 amide bonds. The van der Waals surface area contributed by atoms with Crippen LogP contribution in [0, 0.1) is 0 Å². The fraction of sp³-hybridized carbons (Fsp3) is 0.0588. The molecule has 0 unspecified atom stereocenters. The summed E-state index contributed by atoms with van der Waals surface area (Å²) in [5, 5.41) is 0. The van der Waals surface area contributed by atoms with Gasteiger partial charge in [0, 0.05) is 0 Å². The Balaban J connectivity index is 1.86. The van der Waals surface area contributed by atoms with Crippen molar-refractivity contribution >= 4 is 109 Å². The smallest absolute Gasteiger partial charge is 0.0760 e. The zero-order chi connectivity index (χ0) is 17.1. The molecule has 4 aromatic rings. The normalized spacial score (nSPS) is 15.5. The summed E-state index contributed by atoms with van der Waals surface area (Å²) < 4.78 is 4.80. The van der Waals surface area contributed by atoms with Gasteiger partial charge in [0.25, 0.3) is 0 Å². The molecule has 0 atom stereocenters. The SMILES string of the molecule is Brc1cc2c(s1)-c1sc(Br)cc1C21c2cc(Br)sc2-c2sc(Br)cc21. The molecule has 4 aromatic heterocycles. The van der Waals surface area contributed by atoms with Gasteiger partial charge in [-0.15, -0.1) is 45.3 Å². The Hall–Kier alpha value is 0.720. The van der Waals surface area contributed by atoms with Crippen LogP contribution in [0.25, 0.3) is 19.5 Å². The van der Waals surface area contributed by atoms with E-state index in [0.29, 0.717) is 0 Å². The van der Waals surface area contributed by atoms with Crippen molar-refractivity contribution in [2.24, 2.45) is 0 Å². The van der Waals surface area contributed by atoms with Gasteiger partial charge >= 0.3 is 0 Å². The van der Waals surface area contributed by atoms with Gasteiger partial charge in [0.05, 0.1) is 40.1 Å². The molecule has 0 aliphatic heterocycles. The van der Waals surface area contributed by atoms with Gasteiger partial charge in [-0.1, -0.05) is 0 Å². The average molecular weight is 656 g/mol. The van der Waals surface area contributed by atoms with Gasteiger partial charge in [-0.2, -0.15) is 0 Å². The quantitative estimate of drug-likeness (QED) is 0.153. The second-order valence-corrected chi connectivity index (χ2v) is 15.6. The fourth-order valence-corrected chi connectivity index (χ4v) is 11.0. The molecule has 0 saturated heterocycles. The summed E-state index contributed by atoms with van der Waals surface area (Å²) in [7, 11) is 0. The van der Waals surface area contributed by atoms with Crippen molar-refractivity contribution in [2.75, 3.05) is 0 Å². The van der Waals surface area contributed by atoms with E-state index in [1.165, 1.54) is 56.9 Å². The molecule has 0 radical (unpaired) electrons. The number of halogens is 4. The fourth-order valence-electron chi connectivity index (χ4n) is 4.10. The summed E-state index contributed by atoms with van der Waals surface area (Å²) in [6, 6.07) is 9.32. The number of fused-ring (bicyclic) bond motifs is 10. The second-order valence-electron chi connectivity index (χ2n) is 5.92. The minimum Gasteiger partial charge on any atom is -0.127 e. The highest BCUT2D eigenvalue weighted by atomic mass is 79.9. The molecule has 0 bridgehead atoms. The Morgan fingerprint density at radius 2 is 0.720 bits per heavy atom. The predicted molar refractivity (Wildman–Crippen MR) is 125 cm³/mol. The molecule has 25 heavy (non-hydrogen) atoms. The second kappa shape index (κ2) is 5.41. The van der Waals surface area contributed by atoms with Crippen LogP contribution in [0.2, 0.25) is 0 Å². The summed E-state index contributed by atoms with van der Waals surface area (Å²) in [5.74, 6) is 0. The highest BCUT2D eigenvalue weighted by Gasteiger charge is 2.55. The first-order valence-corrected chi connectivity index (χ1v) is 13.6. The Morgan fingerprint density at radius 1 is 0.480 bits per heavy atom. The van der Waals surface area contributed by atoms with Crippen LogP contribution in [-0.2, 0) is 5.41 Å². The third-order valence-electron chi connectivity index (χ3n) is 4.84. The minimum atomic E-state index is -0.175. The molecule has 1 spiro atoms. The van der Waals surface area contributed by atoms with Crippen LogP contribution in [0.1, 0.15) is 22.3 Å². The average Bonchev–Trinajstić information content (AvgIpc) is 3.30. The Kier molecular flexibility index (Phi) is 3.60. The summed E-state index contributed by atoms with van der Waals surface area (Å²) in [4.78, 5) is 5.61. The van der Waals surface area contributed by atoms with Gasteiger partial charge < -0.3 is 0 Å². The third-order valence-corrected chi connectivity index (χ3v) is 11.7. The summed E-state index contributed by atoms with van der Waals surface area (Å²) in [6.45, 7) is 0. The lowest BCUT2D eigenvalue weighted by Crippen LogP contribution is -2.24. The Labute approximate surface area is 193 Å². The largest absolute Gasteiger partial charge is 0.127 e. The van der Waals surface area contributed by atoms with Crippen LogP contribution >= 0.6 is 109 Å². The summed E-state index contributed by atoms with van der Waals surface area (Å²) in [5.41, 5.74) is 5.52. The number of thiophene rings is 4. The van der Waals surface area contributed by atoms with Crippen molar-refractivity contribution in [3.05, 3.63) is 61.7 Å². The van der Waals surface area contributed by atoms with Gasteiger partial charge in [0.2, 0.25) is 0 Å². The van der Waals surface area contributed by atoms with E-state index in [0.717, 1.165) is 0 Å². The Morgan fingerprint density at radius 3 is 0.960 bits per heavy atom. The third kappa shape index (κ3) is 1.96. The van der Waals surface area contributed by atoms with Crippen LogP contribution in [0.15, 0.2) is 39.4 Å². The first kappa shape index (κ1) is 16.7. The molecule has 2 aliphatic rings. The number of hydrogen-bond donors (Lipinski definition) is 0. The van der Waals surface area contributed by atoms with Crippen LogP contribution in [0.3, 0.4) is 0 Å². The van der Waals surface area contributed by atoms with Gasteiger partial charge in [-0.25, -0.2) is 0 Å². The standard InChI is InChI=1S/C17H4Br4S4/c18-9-1-5-13(22-9)14-6(2-10(19)23-14)17(5)7-3-11(20)24-15(7)16-8(17)4-12(21)25-16/h1-4H. The van der Waals surface area contributed by atoms with Gasteiger partial charge in [-0.3, -0.25) is 0 Å². The van der Waals surface area contributed by atoms with E-state index in [-0.39, 0.29) is 5.41 Å². The van der Waals surface area contributed by atoms with E-state index >= 15 is 0 Å². The highest BCUT2D eigenvalue weighted by molar-refractivity contribution is 9.11. The summed E-state index contributed by atoms with van der Waals surface area (Å²) >= 11 is 22.3. The molecule has 2 aliphatic carbocycles. The first-order valence-electron chi connectivity index (χ1n) is 7.20. The lowest BCUT2D eigenvalue weighted by molar-refractivity contribution is 0.801. The maximum absolute atomic E-state index is 3.74. The zero-order valence-corrected chi connectivity index (χ0v) is 21.6. The molecule has 0 N–H and O–H groups in total. The van der Waals surface area contributed by atoms with Crippen LogP contribution in [-0.4, -0.2) is 0 Å². The molecular weight excluding hydrogens is 652 g/mol. The molecule has 8 heteroatoms. The van der Waals surface area contributed by atoms with E-state index in [2.05, 4.69) is 88.0 Å². The van der Waals surface area contributed by atoms with Crippen LogP contribution < -0.4 is 0 Å². The lowest BCUT2D eigenvalue weighted by atomic mass is 9.73. The summed E-state index contributed by atoms with van der Waals surface area (Å²) in [6.07, 6.45) is 0. The molecule has 4 heterocycles. The lowest BCUT2D eigenvalue weighted by Gasteiger charge is -2.27. The van der Waals surface area contributed by atoms with Gasteiger partial charge in [0.1, 0.15) is 0 Å². The Bertz CT molecular complexity index is 1020. The number of hydrogen-bond acceptors (Lipinski definition) is 4. The maximum Gasteiger partial charge on any atom is 0.0760 e. The molecule has 124 valence electrons. The van der Waals surface area contributed by atoms with Gasteiger partial charge in [-0.05, 0) is 110 Å². The van der Waals surface area contributed by atoms with Crippen molar-refractivity contribution in [1.82, 2.24) is 0 Å². The molecule has 0 saturated carbocycles. The first-order chi connectivity index (χ1) is 12.0. The van der Waals surface area contributed by atoms with E-state index in [1.807, 2.05) is 45.3 Å². The molecular formula is C17H4Br4S4. The van der Waals surface area contributed by atoms with Gasteiger partial charge in [0.15, 0.2) is 0 Å². The van der Waals surface area contributed by atoms with E-state index in [1.54, 1.807) is 0 Å². The van der Waals surface area contributed by atoms with Crippen LogP contribution in [0.5, 0.6) is 0 Å². The van der Waals surface area contributed by atoms with Crippen molar-refractivity contribution in [1.29, 1.82) is 0 Å².